The molecule has 0 amide bonds. The third-order valence-electron chi connectivity index (χ3n) is 6.19. The maximum atomic E-state index is 11.6. The molecular weight excluding hydrogens is 444 g/mol. The van der Waals surface area contributed by atoms with E-state index < -0.39 is 0 Å². The van der Waals surface area contributed by atoms with Crippen molar-refractivity contribution in [3.05, 3.63) is 63.0 Å². The van der Waals surface area contributed by atoms with Crippen LogP contribution in [0.4, 0.5) is 0 Å². The minimum Gasteiger partial charge on any atom is -0.488 e. The first-order valence-electron chi connectivity index (χ1n) is 10.7. The Kier molecular flexibility index (Phi) is 6.32. The van der Waals surface area contributed by atoms with Gasteiger partial charge in [0.1, 0.15) is 6.61 Å². The van der Waals surface area contributed by atoms with E-state index in [1.54, 1.807) is 5.01 Å². The zero-order valence-electron chi connectivity index (χ0n) is 17.6. The van der Waals surface area contributed by atoms with Crippen LogP contribution in [-0.4, -0.2) is 17.2 Å². The maximum absolute atomic E-state index is 11.6. The Morgan fingerprint density at radius 1 is 1.10 bits per heavy atom. The van der Waals surface area contributed by atoms with Gasteiger partial charge < -0.3 is 9.47 Å². The summed E-state index contributed by atoms with van der Waals surface area (Å²) in [7, 11) is 0. The zero-order chi connectivity index (χ0) is 21.1. The summed E-state index contributed by atoms with van der Waals surface area (Å²) in [6, 6.07) is 14.0. The number of halogens is 1. The second kappa shape index (κ2) is 8.96. The van der Waals surface area contributed by atoms with E-state index in [-0.39, 0.29) is 11.6 Å². The summed E-state index contributed by atoms with van der Waals surface area (Å²) >= 11 is 3.77. The van der Waals surface area contributed by atoms with Crippen molar-refractivity contribution in [1.82, 2.24) is 5.01 Å². The van der Waals surface area contributed by atoms with Gasteiger partial charge in [-0.05, 0) is 72.2 Å². The lowest BCUT2D eigenvalue weighted by Crippen LogP contribution is -2.35. The van der Waals surface area contributed by atoms with Crippen molar-refractivity contribution in [2.24, 2.45) is 11.2 Å². The van der Waals surface area contributed by atoms with E-state index in [0.717, 1.165) is 46.5 Å². The molecule has 4 rings (SSSR count). The van der Waals surface area contributed by atoms with Gasteiger partial charge in [0, 0.05) is 0 Å². The highest BCUT2D eigenvalue weighted by atomic mass is 79.9. The Balaban J connectivity index is 1.59. The van der Waals surface area contributed by atoms with Crippen LogP contribution in [0.1, 0.15) is 63.1 Å². The predicted molar refractivity (Wildman–Crippen MR) is 121 cm³/mol. The van der Waals surface area contributed by atoms with Crippen LogP contribution in [0.25, 0.3) is 0 Å². The highest BCUT2D eigenvalue weighted by Crippen LogP contribution is 2.48. The molecule has 1 aliphatic carbocycles. The number of benzene rings is 2. The van der Waals surface area contributed by atoms with Gasteiger partial charge in [0.05, 0.1) is 27.9 Å². The summed E-state index contributed by atoms with van der Waals surface area (Å²) < 4.78 is 13.2. The molecule has 30 heavy (non-hydrogen) atoms. The first kappa shape index (κ1) is 21.2. The van der Waals surface area contributed by atoms with E-state index in [4.69, 9.17) is 9.47 Å². The van der Waals surface area contributed by atoms with Crippen LogP contribution in [0.15, 0.2) is 52.2 Å². The Labute approximate surface area is 186 Å². The Morgan fingerprint density at radius 2 is 1.87 bits per heavy atom. The fourth-order valence-electron chi connectivity index (χ4n) is 4.13. The SMILES string of the molecule is CC1(C)CCC(c2ccc(OCc3ccccc3)c(OCCC3CC3)c2Br)N1N=O. The van der Waals surface area contributed by atoms with Crippen LogP contribution in [0.2, 0.25) is 0 Å². The highest BCUT2D eigenvalue weighted by Gasteiger charge is 2.42. The van der Waals surface area contributed by atoms with Crippen LogP contribution in [-0.2, 0) is 6.61 Å². The van der Waals surface area contributed by atoms with Crippen molar-refractivity contribution in [3.8, 4) is 11.5 Å². The van der Waals surface area contributed by atoms with Gasteiger partial charge >= 0.3 is 0 Å². The molecule has 1 aliphatic heterocycles. The molecule has 0 N–H and O–H groups in total. The van der Waals surface area contributed by atoms with E-state index >= 15 is 0 Å². The van der Waals surface area contributed by atoms with Gasteiger partial charge in [-0.25, -0.2) is 5.01 Å². The van der Waals surface area contributed by atoms with E-state index in [1.807, 2.05) is 42.5 Å². The van der Waals surface area contributed by atoms with E-state index in [9.17, 15) is 4.91 Å². The fourth-order valence-corrected chi connectivity index (χ4v) is 4.84. The van der Waals surface area contributed by atoms with Crippen molar-refractivity contribution in [2.75, 3.05) is 6.61 Å². The first-order chi connectivity index (χ1) is 14.5. The molecule has 0 bridgehead atoms. The number of nitroso groups, excluding NO2 is 1. The van der Waals surface area contributed by atoms with E-state index in [2.05, 4.69) is 35.1 Å². The predicted octanol–water partition coefficient (Wildman–Crippen LogP) is 6.80. The molecule has 0 radical (unpaired) electrons. The van der Waals surface area contributed by atoms with Crippen molar-refractivity contribution in [3.63, 3.8) is 0 Å². The summed E-state index contributed by atoms with van der Waals surface area (Å²) in [5, 5.41) is 5.04. The van der Waals surface area contributed by atoms with Gasteiger partial charge in [0.2, 0.25) is 0 Å². The van der Waals surface area contributed by atoms with Gasteiger partial charge in [0.25, 0.3) is 0 Å². The van der Waals surface area contributed by atoms with Gasteiger partial charge in [0.15, 0.2) is 11.5 Å². The van der Waals surface area contributed by atoms with Crippen LogP contribution < -0.4 is 9.47 Å². The average molecular weight is 473 g/mol. The van der Waals surface area contributed by atoms with E-state index in [1.165, 1.54) is 12.8 Å². The lowest BCUT2D eigenvalue weighted by Gasteiger charge is -2.31. The molecule has 1 unspecified atom stereocenters. The van der Waals surface area contributed by atoms with E-state index in [0.29, 0.717) is 19.0 Å². The van der Waals surface area contributed by atoms with Gasteiger partial charge in [-0.1, -0.05) is 49.2 Å². The molecule has 160 valence electrons. The standard InChI is InChI=1S/C24H29BrN2O3/c1-24(2)14-12-20(27(24)26-28)19-10-11-21(30-16-18-6-4-3-5-7-18)23(22(19)25)29-15-13-17-8-9-17/h3-7,10-11,17,20H,8-9,12-16H2,1-2H3. The molecule has 0 aromatic heterocycles. The van der Waals surface area contributed by atoms with Gasteiger partial charge in [-0.3, -0.25) is 0 Å². The Morgan fingerprint density at radius 3 is 2.57 bits per heavy atom. The molecule has 6 heteroatoms. The molecule has 1 saturated carbocycles. The second-order valence-electron chi connectivity index (χ2n) is 8.94. The quantitative estimate of drug-likeness (QED) is 0.376. The molecule has 1 atom stereocenters. The number of nitrogens with zero attached hydrogens (tertiary/aromatic N) is 2. The summed E-state index contributed by atoms with van der Waals surface area (Å²) in [6.07, 6.45) is 5.47. The number of ether oxygens (including phenoxy) is 2. The first-order valence-corrected chi connectivity index (χ1v) is 11.5. The minimum absolute atomic E-state index is 0.0687. The number of rotatable bonds is 9. The number of hydrogen-bond acceptors (Lipinski definition) is 4. The third-order valence-corrected chi connectivity index (χ3v) is 7.01. The van der Waals surface area contributed by atoms with Crippen LogP contribution in [0.5, 0.6) is 11.5 Å². The Bertz CT molecular complexity index is 884. The molecule has 2 fully saturated rings. The minimum atomic E-state index is -0.249. The highest BCUT2D eigenvalue weighted by molar-refractivity contribution is 9.10. The van der Waals surface area contributed by atoms with Crippen LogP contribution in [0, 0.1) is 10.8 Å². The molecule has 1 saturated heterocycles. The Hall–Kier alpha value is -2.08. The summed E-state index contributed by atoms with van der Waals surface area (Å²) in [5.41, 5.74) is 1.88. The third kappa shape index (κ3) is 4.64. The smallest absolute Gasteiger partial charge is 0.175 e. The largest absolute Gasteiger partial charge is 0.488 e. The van der Waals surface area contributed by atoms with Crippen molar-refractivity contribution in [2.45, 2.75) is 64.1 Å². The van der Waals surface area contributed by atoms with Gasteiger partial charge in [-0.2, -0.15) is 0 Å². The van der Waals surface area contributed by atoms with Gasteiger partial charge in [-0.15, -0.1) is 4.91 Å². The number of hydrogen-bond donors (Lipinski definition) is 0. The molecule has 2 aliphatic rings. The average Bonchev–Trinajstić information content (AvgIpc) is 3.51. The van der Waals surface area contributed by atoms with Crippen LogP contribution >= 0.6 is 15.9 Å². The van der Waals surface area contributed by atoms with Crippen LogP contribution in [0.3, 0.4) is 0 Å². The molecule has 2 aromatic rings. The topological polar surface area (TPSA) is 51.1 Å². The maximum Gasteiger partial charge on any atom is 0.175 e. The summed E-state index contributed by atoms with van der Waals surface area (Å²) in [5.74, 6) is 2.24. The summed E-state index contributed by atoms with van der Waals surface area (Å²) in [6.45, 7) is 5.27. The monoisotopic (exact) mass is 472 g/mol. The molecule has 1 heterocycles. The zero-order valence-corrected chi connectivity index (χ0v) is 19.2. The fraction of sp³-hybridized carbons (Fsp3) is 0.500. The normalized spacial score (nSPS) is 20.2. The molecular formula is C24H29BrN2O3. The lowest BCUT2D eigenvalue weighted by atomic mass is 10.0. The molecule has 2 aromatic carbocycles. The lowest BCUT2D eigenvalue weighted by molar-refractivity contribution is 0.131. The second-order valence-corrected chi connectivity index (χ2v) is 9.74. The van der Waals surface area contributed by atoms with Crippen molar-refractivity contribution < 1.29 is 9.47 Å². The van der Waals surface area contributed by atoms with Crippen molar-refractivity contribution in [1.29, 1.82) is 0 Å². The molecule has 0 spiro atoms. The summed E-state index contributed by atoms with van der Waals surface area (Å²) in [4.78, 5) is 11.6. The molecule has 5 nitrogen and oxygen atoms in total. The van der Waals surface area contributed by atoms with Crippen molar-refractivity contribution >= 4 is 15.9 Å².